The van der Waals surface area contributed by atoms with E-state index >= 15 is 0 Å². The lowest BCUT2D eigenvalue weighted by Gasteiger charge is -2.37. The molecule has 0 radical (unpaired) electrons. The second kappa shape index (κ2) is 3.41. The number of carbonyl (C=O) groups excluding carboxylic acids is 1. The quantitative estimate of drug-likeness (QED) is 0.517. The van der Waals surface area contributed by atoms with Crippen molar-refractivity contribution in [2.45, 2.75) is 12.5 Å². The molecule has 0 aromatic heterocycles. The molecular weight excluding hydrogens is 154 g/mol. The topological polar surface area (TPSA) is 44.4 Å². The minimum Gasteiger partial charge on any atom is -0.355 e. The zero-order chi connectivity index (χ0) is 8.39. The summed E-state index contributed by atoms with van der Waals surface area (Å²) in [5.74, 6) is 0.199. The van der Waals surface area contributed by atoms with Crippen molar-refractivity contribution in [2.75, 3.05) is 32.7 Å². The molecule has 2 fully saturated rings. The number of carbonyl (C=O) groups is 1. The summed E-state index contributed by atoms with van der Waals surface area (Å²) in [7, 11) is 0. The smallest absolute Gasteiger partial charge is 0.221 e. The third-order valence-corrected chi connectivity index (χ3v) is 2.62. The minimum atomic E-state index is 0.199. The summed E-state index contributed by atoms with van der Waals surface area (Å²) in [6, 6.07) is 0.678. The van der Waals surface area contributed by atoms with Crippen LogP contribution in [0, 0.1) is 0 Å². The fourth-order valence-electron chi connectivity index (χ4n) is 1.68. The molecule has 2 aliphatic rings. The normalized spacial score (nSPS) is 27.5. The fraction of sp³-hybridized carbons (Fsp3) is 0.875. The first-order chi connectivity index (χ1) is 5.86. The van der Waals surface area contributed by atoms with Gasteiger partial charge in [-0.25, -0.2) is 0 Å². The lowest BCUT2D eigenvalue weighted by molar-refractivity contribution is -0.120. The molecule has 12 heavy (non-hydrogen) atoms. The Labute approximate surface area is 72.3 Å². The average molecular weight is 169 g/mol. The fourth-order valence-corrected chi connectivity index (χ4v) is 1.68. The first kappa shape index (κ1) is 8.01. The molecule has 0 aliphatic carbocycles. The van der Waals surface area contributed by atoms with Gasteiger partial charge >= 0.3 is 0 Å². The molecule has 0 atom stereocenters. The number of rotatable bonds is 1. The van der Waals surface area contributed by atoms with Crippen molar-refractivity contribution in [2.24, 2.45) is 0 Å². The lowest BCUT2D eigenvalue weighted by Crippen LogP contribution is -2.57. The van der Waals surface area contributed by atoms with Gasteiger partial charge in [0.15, 0.2) is 0 Å². The predicted octanol–water partition coefficient (Wildman–Crippen LogP) is -1.22. The summed E-state index contributed by atoms with van der Waals surface area (Å²) in [4.78, 5) is 13.4. The molecule has 0 aromatic carbocycles. The highest BCUT2D eigenvalue weighted by Gasteiger charge is 2.25. The van der Waals surface area contributed by atoms with Gasteiger partial charge in [0.25, 0.3) is 0 Å². The molecular formula is C8H15N3O. The highest BCUT2D eigenvalue weighted by molar-refractivity contribution is 5.76. The molecule has 4 heteroatoms. The molecule has 0 spiro atoms. The van der Waals surface area contributed by atoms with E-state index in [9.17, 15) is 4.79 Å². The van der Waals surface area contributed by atoms with Crippen LogP contribution in [0.4, 0.5) is 0 Å². The van der Waals surface area contributed by atoms with Crippen LogP contribution >= 0.6 is 0 Å². The van der Waals surface area contributed by atoms with Crippen LogP contribution < -0.4 is 10.6 Å². The Morgan fingerprint density at radius 3 is 2.83 bits per heavy atom. The number of nitrogens with zero attached hydrogens (tertiary/aromatic N) is 1. The summed E-state index contributed by atoms with van der Waals surface area (Å²) in [6.45, 7) is 4.94. The molecule has 2 saturated heterocycles. The third-order valence-electron chi connectivity index (χ3n) is 2.62. The van der Waals surface area contributed by atoms with Crippen molar-refractivity contribution in [1.82, 2.24) is 15.5 Å². The second-order valence-electron chi connectivity index (χ2n) is 3.45. The standard InChI is InChI=1S/C8H15N3O/c12-8-1-3-11(4-2-10-8)7-5-9-6-7/h7,9H,1-6H2,(H,10,12). The van der Waals surface area contributed by atoms with E-state index < -0.39 is 0 Å². The molecule has 0 aromatic rings. The van der Waals surface area contributed by atoms with Crippen LogP contribution in [0.25, 0.3) is 0 Å². The van der Waals surface area contributed by atoms with Crippen LogP contribution in [0.15, 0.2) is 0 Å². The van der Waals surface area contributed by atoms with E-state index in [4.69, 9.17) is 0 Å². The van der Waals surface area contributed by atoms with Gasteiger partial charge in [0, 0.05) is 45.2 Å². The summed E-state index contributed by atoms with van der Waals surface area (Å²) >= 11 is 0. The third kappa shape index (κ3) is 1.59. The van der Waals surface area contributed by atoms with E-state index in [1.54, 1.807) is 0 Å². The maximum absolute atomic E-state index is 11.0. The summed E-state index contributed by atoms with van der Waals surface area (Å²) in [5, 5.41) is 6.12. The van der Waals surface area contributed by atoms with E-state index in [1.165, 1.54) is 0 Å². The Bertz CT molecular complexity index is 179. The van der Waals surface area contributed by atoms with Crippen LogP contribution in [0.1, 0.15) is 6.42 Å². The molecule has 1 amide bonds. The van der Waals surface area contributed by atoms with Gasteiger partial charge < -0.3 is 10.6 Å². The van der Waals surface area contributed by atoms with Gasteiger partial charge in [-0.3, -0.25) is 9.69 Å². The molecule has 2 heterocycles. The molecule has 2 N–H and O–H groups in total. The number of hydrogen-bond acceptors (Lipinski definition) is 3. The number of amides is 1. The van der Waals surface area contributed by atoms with Crippen LogP contribution in [0.2, 0.25) is 0 Å². The van der Waals surface area contributed by atoms with Crippen LogP contribution in [-0.2, 0) is 4.79 Å². The summed E-state index contributed by atoms with van der Waals surface area (Å²) in [6.07, 6.45) is 0.663. The van der Waals surface area contributed by atoms with Crippen molar-refractivity contribution in [1.29, 1.82) is 0 Å². The maximum Gasteiger partial charge on any atom is 0.221 e. The van der Waals surface area contributed by atoms with Crippen molar-refractivity contribution >= 4 is 5.91 Å². The second-order valence-corrected chi connectivity index (χ2v) is 3.45. The van der Waals surface area contributed by atoms with E-state index in [0.717, 1.165) is 32.7 Å². The van der Waals surface area contributed by atoms with E-state index in [0.29, 0.717) is 12.5 Å². The predicted molar refractivity (Wildman–Crippen MR) is 45.9 cm³/mol. The number of hydrogen-bond donors (Lipinski definition) is 2. The molecule has 68 valence electrons. The molecule has 0 saturated carbocycles. The Kier molecular flexibility index (Phi) is 2.28. The van der Waals surface area contributed by atoms with Gasteiger partial charge in [0.2, 0.25) is 5.91 Å². The van der Waals surface area contributed by atoms with Gasteiger partial charge in [0.1, 0.15) is 0 Å². The number of nitrogens with one attached hydrogen (secondary N) is 2. The monoisotopic (exact) mass is 169 g/mol. The van der Waals surface area contributed by atoms with Gasteiger partial charge in [-0.1, -0.05) is 0 Å². The van der Waals surface area contributed by atoms with Gasteiger partial charge in [-0.05, 0) is 0 Å². The van der Waals surface area contributed by atoms with Crippen LogP contribution in [0.3, 0.4) is 0 Å². The Morgan fingerprint density at radius 2 is 2.17 bits per heavy atom. The molecule has 2 rings (SSSR count). The van der Waals surface area contributed by atoms with E-state index in [2.05, 4.69) is 15.5 Å². The highest BCUT2D eigenvalue weighted by Crippen LogP contribution is 2.06. The lowest BCUT2D eigenvalue weighted by atomic mass is 10.1. The zero-order valence-corrected chi connectivity index (χ0v) is 7.18. The van der Waals surface area contributed by atoms with E-state index in [1.807, 2.05) is 0 Å². The Hall–Kier alpha value is -0.610. The Morgan fingerprint density at radius 1 is 1.33 bits per heavy atom. The van der Waals surface area contributed by atoms with Gasteiger partial charge in [-0.2, -0.15) is 0 Å². The first-order valence-electron chi connectivity index (χ1n) is 4.58. The molecule has 2 aliphatic heterocycles. The molecule has 4 nitrogen and oxygen atoms in total. The molecule has 0 bridgehead atoms. The van der Waals surface area contributed by atoms with Crippen molar-refractivity contribution in [3.63, 3.8) is 0 Å². The van der Waals surface area contributed by atoms with Crippen molar-refractivity contribution in [3.05, 3.63) is 0 Å². The van der Waals surface area contributed by atoms with Crippen molar-refractivity contribution < 1.29 is 4.79 Å². The summed E-state index contributed by atoms with van der Waals surface area (Å²) < 4.78 is 0. The van der Waals surface area contributed by atoms with Gasteiger partial charge in [0.05, 0.1) is 0 Å². The van der Waals surface area contributed by atoms with Crippen LogP contribution in [-0.4, -0.2) is 49.6 Å². The molecule has 0 unspecified atom stereocenters. The average Bonchev–Trinajstić information content (AvgIpc) is 2.12. The van der Waals surface area contributed by atoms with Crippen LogP contribution in [0.5, 0.6) is 0 Å². The summed E-state index contributed by atoms with van der Waals surface area (Å²) in [5.41, 5.74) is 0. The maximum atomic E-state index is 11.0. The first-order valence-corrected chi connectivity index (χ1v) is 4.58. The van der Waals surface area contributed by atoms with E-state index in [-0.39, 0.29) is 5.91 Å². The minimum absolute atomic E-state index is 0.199. The van der Waals surface area contributed by atoms with Gasteiger partial charge in [-0.15, -0.1) is 0 Å². The largest absolute Gasteiger partial charge is 0.355 e. The van der Waals surface area contributed by atoms with Crippen molar-refractivity contribution in [3.8, 4) is 0 Å². The Balaban J connectivity index is 1.85. The SMILES string of the molecule is O=C1CCN(C2CNC2)CCN1. The highest BCUT2D eigenvalue weighted by atomic mass is 16.1. The zero-order valence-electron chi connectivity index (χ0n) is 7.18.